The zero-order valence-corrected chi connectivity index (χ0v) is 13.8. The molecule has 3 rings (SSSR count). The number of rotatable bonds is 5. The van der Waals surface area contributed by atoms with Crippen molar-refractivity contribution in [1.29, 1.82) is 5.41 Å². The van der Waals surface area contributed by atoms with Gasteiger partial charge in [-0.25, -0.2) is 9.98 Å². The van der Waals surface area contributed by atoms with Gasteiger partial charge in [-0.3, -0.25) is 10.2 Å². The molecule has 0 radical (unpaired) electrons. The quantitative estimate of drug-likeness (QED) is 0.647. The van der Waals surface area contributed by atoms with Gasteiger partial charge < -0.3 is 14.8 Å². The molecule has 1 fully saturated rings. The van der Waals surface area contributed by atoms with Crippen LogP contribution < -0.4 is 0 Å². The van der Waals surface area contributed by atoms with Crippen molar-refractivity contribution in [2.75, 3.05) is 26.2 Å². The first-order valence-corrected chi connectivity index (χ1v) is 8.10. The molecule has 1 aromatic carbocycles. The Kier molecular flexibility index (Phi) is 5.36. The highest BCUT2D eigenvalue weighted by atomic mass is 16.2. The Morgan fingerprint density at radius 1 is 1.20 bits per heavy atom. The van der Waals surface area contributed by atoms with Gasteiger partial charge in [0.25, 0.3) is 5.91 Å². The summed E-state index contributed by atoms with van der Waals surface area (Å²) in [5, 5.41) is 6.81. The minimum absolute atomic E-state index is 0.0244. The maximum Gasteiger partial charge on any atom is 0.272 e. The lowest BCUT2D eigenvalue weighted by molar-refractivity contribution is 0.0674. The van der Waals surface area contributed by atoms with Crippen LogP contribution in [0.25, 0.3) is 11.4 Å². The molecule has 1 aliphatic heterocycles. The summed E-state index contributed by atoms with van der Waals surface area (Å²) in [6.45, 7) is 2.84. The van der Waals surface area contributed by atoms with Crippen LogP contribution in [0.15, 0.2) is 53.8 Å². The number of H-pyrrole nitrogens is 1. The third kappa shape index (κ3) is 4.20. The minimum Gasteiger partial charge on any atom is -0.374 e. The number of imidazole rings is 1. The molecule has 0 atom stereocenters. The number of benzene rings is 1. The molecule has 7 heteroatoms. The highest BCUT2D eigenvalue weighted by Crippen LogP contribution is 2.16. The van der Waals surface area contributed by atoms with E-state index < -0.39 is 0 Å². The Labute approximate surface area is 146 Å². The van der Waals surface area contributed by atoms with E-state index in [4.69, 9.17) is 5.41 Å². The third-order valence-corrected chi connectivity index (χ3v) is 4.00. The Hall–Kier alpha value is -3.22. The molecular formula is C18H20N6O. The third-order valence-electron chi connectivity index (χ3n) is 4.00. The van der Waals surface area contributed by atoms with Gasteiger partial charge in [-0.05, 0) is 6.08 Å². The summed E-state index contributed by atoms with van der Waals surface area (Å²) in [5.41, 5.74) is 1.48. The van der Waals surface area contributed by atoms with Gasteiger partial charge in [0.1, 0.15) is 17.9 Å². The van der Waals surface area contributed by atoms with Gasteiger partial charge >= 0.3 is 0 Å². The van der Waals surface area contributed by atoms with Crippen LogP contribution in [0, 0.1) is 5.41 Å². The molecule has 1 amide bonds. The van der Waals surface area contributed by atoms with Crippen molar-refractivity contribution in [3.05, 3.63) is 54.5 Å². The maximum absolute atomic E-state index is 12.6. The summed E-state index contributed by atoms with van der Waals surface area (Å²) in [6, 6.07) is 9.75. The van der Waals surface area contributed by atoms with Crippen molar-refractivity contribution >= 4 is 18.5 Å². The van der Waals surface area contributed by atoms with Crippen LogP contribution in [0.2, 0.25) is 0 Å². The predicted molar refractivity (Wildman–Crippen MR) is 97.9 cm³/mol. The average Bonchev–Trinajstić information content (AvgIpc) is 3.16. The standard InChI is InChI=1S/C18H20N6O/c19-14-20-7-4-8-23-9-11-24(12-10-23)18(25)16-13-21-17(22-16)15-5-2-1-3-6-15/h1-8,13-14,19H,9-12H2,(H,21,22)/b8-4-,19-14?,20-7?. The Balaban J connectivity index is 1.58. The van der Waals surface area contributed by atoms with E-state index in [2.05, 4.69) is 19.9 Å². The van der Waals surface area contributed by atoms with Crippen LogP contribution in [0.3, 0.4) is 0 Å². The van der Waals surface area contributed by atoms with Crippen molar-refractivity contribution in [2.45, 2.75) is 0 Å². The summed E-state index contributed by atoms with van der Waals surface area (Å²) < 4.78 is 0. The van der Waals surface area contributed by atoms with E-state index in [0.717, 1.165) is 25.0 Å². The first-order valence-electron chi connectivity index (χ1n) is 8.10. The minimum atomic E-state index is -0.0244. The number of aromatic nitrogens is 2. The molecule has 2 N–H and O–H groups in total. The molecule has 1 aliphatic rings. The maximum atomic E-state index is 12.6. The lowest BCUT2D eigenvalue weighted by Gasteiger charge is -2.33. The molecule has 128 valence electrons. The number of hydrogen-bond acceptors (Lipinski definition) is 4. The van der Waals surface area contributed by atoms with Crippen molar-refractivity contribution in [3.63, 3.8) is 0 Å². The zero-order valence-electron chi connectivity index (χ0n) is 13.8. The van der Waals surface area contributed by atoms with Gasteiger partial charge in [-0.1, -0.05) is 30.3 Å². The SMILES string of the molecule is N=CN=C/C=C\N1CCN(C(=O)c2cnc(-c3ccccc3)[nH]2)CC1. The smallest absolute Gasteiger partial charge is 0.272 e. The van der Waals surface area contributed by atoms with Crippen molar-refractivity contribution in [2.24, 2.45) is 4.99 Å². The molecular weight excluding hydrogens is 316 g/mol. The van der Waals surface area contributed by atoms with Crippen molar-refractivity contribution in [3.8, 4) is 11.4 Å². The second-order valence-electron chi connectivity index (χ2n) is 5.61. The van der Waals surface area contributed by atoms with Gasteiger partial charge in [-0.2, -0.15) is 0 Å². The fourth-order valence-electron chi connectivity index (χ4n) is 2.67. The molecule has 2 aromatic rings. The Bertz CT molecular complexity index is 772. The van der Waals surface area contributed by atoms with Gasteiger partial charge in [0.05, 0.1) is 6.20 Å². The van der Waals surface area contributed by atoms with Crippen LogP contribution in [-0.2, 0) is 0 Å². The molecule has 25 heavy (non-hydrogen) atoms. The number of carbonyl (C=O) groups excluding carboxylic acids is 1. The summed E-state index contributed by atoms with van der Waals surface area (Å²) >= 11 is 0. The highest BCUT2D eigenvalue weighted by Gasteiger charge is 2.22. The number of nitrogens with one attached hydrogen (secondary N) is 2. The van der Waals surface area contributed by atoms with Gasteiger partial charge in [0.15, 0.2) is 0 Å². The molecule has 0 saturated carbocycles. The molecule has 0 aliphatic carbocycles. The normalized spacial score (nSPS) is 15.2. The first-order chi connectivity index (χ1) is 12.3. The number of aromatic amines is 1. The second-order valence-corrected chi connectivity index (χ2v) is 5.61. The average molecular weight is 336 g/mol. The molecule has 7 nitrogen and oxygen atoms in total. The Morgan fingerprint density at radius 3 is 2.68 bits per heavy atom. The Morgan fingerprint density at radius 2 is 1.96 bits per heavy atom. The van der Waals surface area contributed by atoms with Crippen molar-refractivity contribution in [1.82, 2.24) is 19.8 Å². The monoisotopic (exact) mass is 336 g/mol. The fourth-order valence-corrected chi connectivity index (χ4v) is 2.67. The second kappa shape index (κ2) is 8.05. The van der Waals surface area contributed by atoms with Crippen LogP contribution in [0.4, 0.5) is 0 Å². The van der Waals surface area contributed by atoms with Crippen LogP contribution >= 0.6 is 0 Å². The van der Waals surface area contributed by atoms with Crippen LogP contribution in [0.5, 0.6) is 0 Å². The van der Waals surface area contributed by atoms with E-state index in [1.165, 1.54) is 0 Å². The lowest BCUT2D eigenvalue weighted by Crippen LogP contribution is -2.46. The predicted octanol–water partition coefficient (Wildman–Crippen LogP) is 2.03. The largest absolute Gasteiger partial charge is 0.374 e. The molecule has 0 bridgehead atoms. The lowest BCUT2D eigenvalue weighted by atomic mass is 10.2. The number of nitrogens with zero attached hydrogens (tertiary/aromatic N) is 4. The van der Waals surface area contributed by atoms with Crippen molar-refractivity contribution < 1.29 is 4.79 Å². The molecule has 1 aromatic heterocycles. The van der Waals surface area contributed by atoms with E-state index in [1.807, 2.05) is 41.4 Å². The van der Waals surface area contributed by atoms with Gasteiger partial charge in [0.2, 0.25) is 0 Å². The molecule has 2 heterocycles. The van der Waals surface area contributed by atoms with E-state index in [9.17, 15) is 4.79 Å². The number of amides is 1. The van der Waals surface area contributed by atoms with E-state index in [0.29, 0.717) is 24.6 Å². The summed E-state index contributed by atoms with van der Waals surface area (Å²) in [5.74, 6) is 0.680. The van der Waals surface area contributed by atoms with Crippen LogP contribution in [0.1, 0.15) is 10.5 Å². The van der Waals surface area contributed by atoms with E-state index in [1.54, 1.807) is 18.5 Å². The van der Waals surface area contributed by atoms with Crippen LogP contribution in [-0.4, -0.2) is 64.4 Å². The zero-order chi connectivity index (χ0) is 17.5. The fraction of sp³-hybridized carbons (Fsp3) is 0.222. The first kappa shape index (κ1) is 16.6. The highest BCUT2D eigenvalue weighted by molar-refractivity contribution is 5.92. The number of hydrogen-bond donors (Lipinski definition) is 2. The number of allylic oxidation sites excluding steroid dienone is 1. The molecule has 0 spiro atoms. The summed E-state index contributed by atoms with van der Waals surface area (Å²) in [6.07, 6.45) is 7.89. The van der Waals surface area contributed by atoms with E-state index in [-0.39, 0.29) is 5.91 Å². The van der Waals surface area contributed by atoms with Gasteiger partial charge in [0, 0.05) is 44.2 Å². The summed E-state index contributed by atoms with van der Waals surface area (Å²) in [7, 11) is 0. The topological polar surface area (TPSA) is 88.4 Å². The number of piperazine rings is 1. The van der Waals surface area contributed by atoms with E-state index >= 15 is 0 Å². The number of carbonyl (C=O) groups is 1. The van der Waals surface area contributed by atoms with Gasteiger partial charge in [-0.15, -0.1) is 0 Å². The number of aliphatic imine (C=N–C) groups is 1. The summed E-state index contributed by atoms with van der Waals surface area (Å²) in [4.78, 5) is 27.7. The molecule has 1 saturated heterocycles. The molecule has 0 unspecified atom stereocenters.